The lowest BCUT2D eigenvalue weighted by atomic mass is 9.64. The van der Waals surface area contributed by atoms with Gasteiger partial charge in [0, 0.05) is 0 Å². The van der Waals surface area contributed by atoms with Gasteiger partial charge in [-0.1, -0.05) is 44.4 Å². The number of rotatable bonds is 7. The number of hydrogen-bond acceptors (Lipinski definition) is 3. The van der Waals surface area contributed by atoms with Crippen molar-refractivity contribution < 1.29 is 14.3 Å². The molecule has 1 saturated carbocycles. The molecule has 23 heavy (non-hydrogen) atoms. The van der Waals surface area contributed by atoms with Gasteiger partial charge in [-0.2, -0.15) is 0 Å². The van der Waals surface area contributed by atoms with Crippen LogP contribution < -0.4 is 4.74 Å². The molecule has 0 heterocycles. The molecular formula is C20H30O3. The Hall–Kier alpha value is -1.51. The maximum atomic E-state index is 12.9. The summed E-state index contributed by atoms with van der Waals surface area (Å²) >= 11 is 0. The maximum absolute atomic E-state index is 12.9. The molecule has 0 spiro atoms. The number of esters is 1. The summed E-state index contributed by atoms with van der Waals surface area (Å²) < 4.78 is 11.0. The molecule has 1 aromatic rings. The van der Waals surface area contributed by atoms with Crippen molar-refractivity contribution in [2.24, 2.45) is 11.3 Å². The van der Waals surface area contributed by atoms with Crippen LogP contribution in [0.25, 0.3) is 0 Å². The van der Waals surface area contributed by atoms with Gasteiger partial charge in [0.25, 0.3) is 0 Å². The molecule has 0 saturated heterocycles. The first-order valence-corrected chi connectivity index (χ1v) is 8.97. The molecule has 128 valence electrons. The summed E-state index contributed by atoms with van der Waals surface area (Å²) in [4.78, 5) is 12.9. The number of carbonyl (C=O) groups excluding carboxylic acids is 1. The highest BCUT2D eigenvalue weighted by molar-refractivity contribution is 5.78. The molecule has 0 amide bonds. The topological polar surface area (TPSA) is 35.5 Å². The van der Waals surface area contributed by atoms with E-state index in [1.165, 1.54) is 19.3 Å². The molecule has 1 aliphatic rings. The van der Waals surface area contributed by atoms with E-state index >= 15 is 0 Å². The van der Waals surface area contributed by atoms with E-state index in [0.29, 0.717) is 18.9 Å². The lowest BCUT2D eigenvalue weighted by Gasteiger charge is -2.40. The van der Waals surface area contributed by atoms with Crippen LogP contribution in [0.15, 0.2) is 24.3 Å². The second kappa shape index (κ2) is 8.37. The first-order valence-electron chi connectivity index (χ1n) is 8.97. The minimum absolute atomic E-state index is 0.0275. The fourth-order valence-electron chi connectivity index (χ4n) is 4.06. The van der Waals surface area contributed by atoms with Gasteiger partial charge in [-0.3, -0.25) is 4.79 Å². The zero-order valence-electron chi connectivity index (χ0n) is 14.8. The van der Waals surface area contributed by atoms with Crippen molar-refractivity contribution in [1.29, 1.82) is 0 Å². The molecule has 0 bridgehead atoms. The smallest absolute Gasteiger partial charge is 0.312 e. The van der Waals surface area contributed by atoms with Crippen LogP contribution in [0, 0.1) is 11.3 Å². The van der Waals surface area contributed by atoms with Crippen LogP contribution in [-0.2, 0) is 16.0 Å². The van der Waals surface area contributed by atoms with E-state index in [0.717, 1.165) is 30.6 Å². The minimum atomic E-state index is -0.426. The Kier molecular flexibility index (Phi) is 6.49. The summed E-state index contributed by atoms with van der Waals surface area (Å²) in [6, 6.07) is 8.04. The van der Waals surface area contributed by atoms with Crippen molar-refractivity contribution in [1.82, 2.24) is 0 Å². The van der Waals surface area contributed by atoms with Crippen LogP contribution in [0.1, 0.15) is 57.9 Å². The maximum Gasteiger partial charge on any atom is 0.312 e. The highest BCUT2D eigenvalue weighted by atomic mass is 16.5. The number of carbonyl (C=O) groups is 1. The van der Waals surface area contributed by atoms with E-state index in [4.69, 9.17) is 9.47 Å². The Morgan fingerprint density at radius 2 is 1.87 bits per heavy atom. The Labute approximate surface area is 140 Å². The van der Waals surface area contributed by atoms with Crippen LogP contribution >= 0.6 is 0 Å². The standard InChI is InChI=1S/C20H30O3/c1-4-20(19(21)23-5-2,17-12-7-6-8-13-17)15-16-11-9-10-14-18(16)22-3/h9-11,14,17H,4-8,12-13,15H2,1-3H3. The first-order chi connectivity index (χ1) is 11.2. The van der Waals surface area contributed by atoms with Gasteiger partial charge in [0.1, 0.15) is 5.75 Å². The van der Waals surface area contributed by atoms with Crippen LogP contribution in [0.5, 0.6) is 5.75 Å². The van der Waals surface area contributed by atoms with Crippen molar-refractivity contribution in [2.45, 2.75) is 58.8 Å². The quantitative estimate of drug-likeness (QED) is 0.679. The van der Waals surface area contributed by atoms with E-state index in [9.17, 15) is 4.79 Å². The minimum Gasteiger partial charge on any atom is -0.496 e. The molecule has 3 nitrogen and oxygen atoms in total. The normalized spacial score (nSPS) is 18.2. The number of methoxy groups -OCH3 is 1. The monoisotopic (exact) mass is 318 g/mol. The SMILES string of the molecule is CCOC(=O)C(CC)(Cc1ccccc1OC)C1CCCCC1. The van der Waals surface area contributed by atoms with Gasteiger partial charge >= 0.3 is 5.97 Å². The Bertz CT molecular complexity index is 505. The van der Waals surface area contributed by atoms with Gasteiger partial charge in [-0.25, -0.2) is 0 Å². The Balaban J connectivity index is 2.36. The molecule has 0 aromatic heterocycles. The molecule has 0 aliphatic heterocycles. The predicted molar refractivity (Wildman–Crippen MR) is 92.6 cm³/mol. The van der Waals surface area contributed by atoms with Gasteiger partial charge in [0.05, 0.1) is 19.1 Å². The highest BCUT2D eigenvalue weighted by Crippen LogP contribution is 2.45. The molecule has 1 unspecified atom stereocenters. The van der Waals surface area contributed by atoms with Gasteiger partial charge < -0.3 is 9.47 Å². The number of ether oxygens (including phenoxy) is 2. The van der Waals surface area contributed by atoms with Crippen molar-refractivity contribution in [3.63, 3.8) is 0 Å². The summed E-state index contributed by atoms with van der Waals surface area (Å²) in [6.07, 6.45) is 7.50. The summed E-state index contributed by atoms with van der Waals surface area (Å²) in [5.74, 6) is 1.25. The van der Waals surface area contributed by atoms with Gasteiger partial charge in [0.2, 0.25) is 0 Å². The molecule has 1 atom stereocenters. The van der Waals surface area contributed by atoms with Crippen molar-refractivity contribution in [3.8, 4) is 5.75 Å². The van der Waals surface area contributed by atoms with Crippen molar-refractivity contribution in [3.05, 3.63) is 29.8 Å². The third-order valence-electron chi connectivity index (χ3n) is 5.40. The predicted octanol–water partition coefficient (Wildman–Crippen LogP) is 4.78. The van der Waals surface area contributed by atoms with Crippen molar-refractivity contribution >= 4 is 5.97 Å². The van der Waals surface area contributed by atoms with Crippen molar-refractivity contribution in [2.75, 3.05) is 13.7 Å². The molecule has 1 aliphatic carbocycles. The molecule has 1 fully saturated rings. The summed E-state index contributed by atoms with van der Waals surface area (Å²) in [5.41, 5.74) is 0.681. The molecular weight excluding hydrogens is 288 g/mol. The van der Waals surface area contributed by atoms with Crippen LogP contribution in [-0.4, -0.2) is 19.7 Å². The molecule has 0 radical (unpaired) electrons. The second-order valence-electron chi connectivity index (χ2n) is 6.55. The van der Waals surface area contributed by atoms with E-state index in [2.05, 4.69) is 13.0 Å². The third-order valence-corrected chi connectivity index (χ3v) is 5.40. The van der Waals surface area contributed by atoms with E-state index in [1.807, 2.05) is 25.1 Å². The molecule has 2 rings (SSSR count). The van der Waals surface area contributed by atoms with Gasteiger partial charge in [-0.15, -0.1) is 0 Å². The highest BCUT2D eigenvalue weighted by Gasteiger charge is 2.45. The van der Waals surface area contributed by atoms with E-state index < -0.39 is 5.41 Å². The Morgan fingerprint density at radius 3 is 2.48 bits per heavy atom. The number of para-hydroxylation sites is 1. The average molecular weight is 318 g/mol. The van der Waals surface area contributed by atoms with Gasteiger partial charge in [0.15, 0.2) is 0 Å². The average Bonchev–Trinajstić information content (AvgIpc) is 2.61. The summed E-state index contributed by atoms with van der Waals surface area (Å²) in [6.45, 7) is 4.46. The van der Waals surface area contributed by atoms with Crippen LogP contribution in [0.4, 0.5) is 0 Å². The fraction of sp³-hybridized carbons (Fsp3) is 0.650. The third kappa shape index (κ3) is 3.88. The zero-order valence-corrected chi connectivity index (χ0v) is 14.8. The summed E-state index contributed by atoms with van der Waals surface area (Å²) in [5, 5.41) is 0. The summed E-state index contributed by atoms with van der Waals surface area (Å²) in [7, 11) is 1.69. The van der Waals surface area contributed by atoms with Crippen LogP contribution in [0.2, 0.25) is 0 Å². The molecule has 1 aromatic carbocycles. The fourth-order valence-corrected chi connectivity index (χ4v) is 4.06. The number of hydrogen-bond donors (Lipinski definition) is 0. The lowest BCUT2D eigenvalue weighted by molar-refractivity contribution is -0.160. The number of benzene rings is 1. The van der Waals surface area contributed by atoms with E-state index in [-0.39, 0.29) is 5.97 Å². The largest absolute Gasteiger partial charge is 0.496 e. The molecule has 0 N–H and O–H groups in total. The second-order valence-corrected chi connectivity index (χ2v) is 6.55. The first kappa shape index (κ1) is 17.8. The lowest BCUT2D eigenvalue weighted by Crippen LogP contribution is -2.42. The van der Waals surface area contributed by atoms with Gasteiger partial charge in [-0.05, 0) is 50.2 Å². The zero-order chi connectivity index (χ0) is 16.7. The van der Waals surface area contributed by atoms with Crippen LogP contribution in [0.3, 0.4) is 0 Å². The van der Waals surface area contributed by atoms with E-state index in [1.54, 1.807) is 7.11 Å². The molecule has 3 heteroatoms. The Morgan fingerprint density at radius 1 is 1.17 bits per heavy atom.